The second-order valence-electron chi connectivity index (χ2n) is 12.1. The van der Waals surface area contributed by atoms with Gasteiger partial charge in [0, 0.05) is 38.7 Å². The van der Waals surface area contributed by atoms with Crippen LogP contribution in [0.5, 0.6) is 0 Å². The molecule has 0 aromatic rings. The lowest BCUT2D eigenvalue weighted by Crippen LogP contribution is -2.54. The molecule has 1 rings (SSSR count). The van der Waals surface area contributed by atoms with Gasteiger partial charge in [0.1, 0.15) is 24.7 Å². The summed E-state index contributed by atoms with van der Waals surface area (Å²) >= 11 is 0. The quantitative estimate of drug-likeness (QED) is 0.0569. The van der Waals surface area contributed by atoms with E-state index in [0.29, 0.717) is 63.2 Å². The molecule has 16 heteroatoms. The van der Waals surface area contributed by atoms with E-state index in [2.05, 4.69) is 38.5 Å². The van der Waals surface area contributed by atoms with Crippen LogP contribution in [0.15, 0.2) is 12.2 Å². The third-order valence-corrected chi connectivity index (χ3v) is 7.24. The fourth-order valence-electron chi connectivity index (χ4n) is 4.69. The Morgan fingerprint density at radius 1 is 0.812 bits per heavy atom. The van der Waals surface area contributed by atoms with Crippen LogP contribution < -0.4 is 31.9 Å². The van der Waals surface area contributed by atoms with E-state index < -0.39 is 29.9 Å². The Hall–Kier alpha value is -4.05. The van der Waals surface area contributed by atoms with Crippen molar-refractivity contribution in [3.05, 3.63) is 12.2 Å². The Balaban J connectivity index is 2.35. The molecule has 0 saturated carbocycles. The number of likely N-dealkylation sites (tertiary alicyclic amines) is 1. The van der Waals surface area contributed by atoms with Crippen molar-refractivity contribution in [1.82, 2.24) is 36.8 Å². The molecule has 48 heavy (non-hydrogen) atoms. The Labute approximate surface area is 283 Å². The zero-order valence-electron chi connectivity index (χ0n) is 29.0. The standard InChI is InChI=1S/C32H55N7O9/c1-21(2)10-11-25(38-27(41)19-36-31(45)26-9-7-15-39(26)32(46)23(5)37-24(6)40)30(44)35-14-16-47-17-18-48-20-28(42)33-12-8-13-34-29(43)22(3)4/h21,23,25-26H,3,7-20H2,1-2,4-6H3,(H,33,42)(H,34,43)(H,35,44)(H,36,45)(H,37,40)(H,38,41)/t23-,25-,26?/m0/s1. The molecule has 6 N–H and O–H groups in total. The van der Waals surface area contributed by atoms with Gasteiger partial charge < -0.3 is 46.3 Å². The van der Waals surface area contributed by atoms with E-state index in [1.54, 1.807) is 13.8 Å². The summed E-state index contributed by atoms with van der Waals surface area (Å²) in [5, 5.41) is 15.9. The predicted molar refractivity (Wildman–Crippen MR) is 177 cm³/mol. The summed E-state index contributed by atoms with van der Waals surface area (Å²) in [6.07, 6.45) is 2.71. The molecular weight excluding hydrogens is 626 g/mol. The topological polar surface area (TPSA) is 213 Å². The highest BCUT2D eigenvalue weighted by Crippen LogP contribution is 2.18. The maximum atomic E-state index is 12.9. The van der Waals surface area contributed by atoms with E-state index in [-0.39, 0.29) is 69.1 Å². The van der Waals surface area contributed by atoms with Gasteiger partial charge in [-0.1, -0.05) is 20.4 Å². The molecule has 272 valence electrons. The van der Waals surface area contributed by atoms with Crippen LogP contribution in [0.3, 0.4) is 0 Å². The Morgan fingerprint density at radius 2 is 1.50 bits per heavy atom. The monoisotopic (exact) mass is 681 g/mol. The predicted octanol–water partition coefficient (Wildman–Crippen LogP) is -1.11. The smallest absolute Gasteiger partial charge is 0.246 e. The summed E-state index contributed by atoms with van der Waals surface area (Å²) in [7, 11) is 0. The molecule has 7 amide bonds. The molecule has 0 aromatic heterocycles. The number of carbonyl (C=O) groups is 7. The lowest BCUT2D eigenvalue weighted by molar-refractivity contribution is -0.141. The molecule has 3 atom stereocenters. The van der Waals surface area contributed by atoms with Gasteiger partial charge >= 0.3 is 0 Å². The van der Waals surface area contributed by atoms with E-state index in [1.807, 2.05) is 13.8 Å². The number of ether oxygens (including phenoxy) is 2. The number of amides is 7. The normalized spacial score (nSPS) is 15.2. The number of nitrogens with one attached hydrogen (secondary N) is 6. The molecule has 1 heterocycles. The van der Waals surface area contributed by atoms with Crippen LogP contribution in [0.25, 0.3) is 0 Å². The first-order chi connectivity index (χ1) is 22.7. The summed E-state index contributed by atoms with van der Waals surface area (Å²) in [5.74, 6) is -2.33. The molecule has 0 aromatic carbocycles. The zero-order valence-corrected chi connectivity index (χ0v) is 29.0. The Kier molecular flexibility index (Phi) is 20.4. The van der Waals surface area contributed by atoms with Gasteiger partial charge in [-0.2, -0.15) is 0 Å². The van der Waals surface area contributed by atoms with Crippen molar-refractivity contribution >= 4 is 41.4 Å². The largest absolute Gasteiger partial charge is 0.377 e. The number of nitrogens with zero attached hydrogens (tertiary/aromatic N) is 1. The molecule has 0 aliphatic carbocycles. The van der Waals surface area contributed by atoms with Gasteiger partial charge in [0.05, 0.1) is 26.4 Å². The van der Waals surface area contributed by atoms with Crippen molar-refractivity contribution in [2.24, 2.45) is 5.92 Å². The van der Waals surface area contributed by atoms with Crippen LogP contribution in [0.2, 0.25) is 0 Å². The van der Waals surface area contributed by atoms with Gasteiger partial charge in [-0.25, -0.2) is 0 Å². The summed E-state index contributed by atoms with van der Waals surface area (Å²) < 4.78 is 10.7. The molecule has 0 radical (unpaired) electrons. The fourth-order valence-corrected chi connectivity index (χ4v) is 4.69. The van der Waals surface area contributed by atoms with Crippen LogP contribution >= 0.6 is 0 Å². The van der Waals surface area contributed by atoms with Gasteiger partial charge in [0.15, 0.2) is 0 Å². The molecule has 1 aliphatic heterocycles. The molecule has 16 nitrogen and oxygen atoms in total. The third-order valence-electron chi connectivity index (χ3n) is 7.24. The highest BCUT2D eigenvalue weighted by atomic mass is 16.5. The van der Waals surface area contributed by atoms with Crippen molar-refractivity contribution in [2.75, 3.05) is 59.2 Å². The van der Waals surface area contributed by atoms with Gasteiger partial charge in [0.25, 0.3) is 0 Å². The number of hydrogen-bond donors (Lipinski definition) is 6. The molecule has 1 fully saturated rings. The minimum atomic E-state index is -0.816. The molecule has 1 saturated heterocycles. The summed E-state index contributed by atoms with van der Waals surface area (Å²) in [6.45, 7) is 13.5. The average molecular weight is 682 g/mol. The molecule has 1 unspecified atom stereocenters. The van der Waals surface area contributed by atoms with E-state index in [1.165, 1.54) is 11.8 Å². The maximum Gasteiger partial charge on any atom is 0.246 e. The summed E-state index contributed by atoms with van der Waals surface area (Å²) in [4.78, 5) is 87.1. The third kappa shape index (κ3) is 17.8. The highest BCUT2D eigenvalue weighted by molar-refractivity contribution is 5.94. The van der Waals surface area contributed by atoms with Crippen LogP contribution in [0.1, 0.15) is 66.7 Å². The fraction of sp³-hybridized carbons (Fsp3) is 0.719. The maximum absolute atomic E-state index is 12.9. The zero-order chi connectivity index (χ0) is 36.1. The van der Waals surface area contributed by atoms with Gasteiger partial charge in [-0.15, -0.1) is 0 Å². The second kappa shape index (κ2) is 23.3. The van der Waals surface area contributed by atoms with Crippen molar-refractivity contribution < 1.29 is 43.0 Å². The molecule has 1 aliphatic rings. The van der Waals surface area contributed by atoms with Gasteiger partial charge in [0.2, 0.25) is 41.4 Å². The Bertz CT molecular complexity index is 1120. The van der Waals surface area contributed by atoms with Crippen molar-refractivity contribution in [3.8, 4) is 0 Å². The van der Waals surface area contributed by atoms with Crippen LogP contribution in [0, 0.1) is 5.92 Å². The summed E-state index contributed by atoms with van der Waals surface area (Å²) in [6, 6.07) is -2.34. The van der Waals surface area contributed by atoms with E-state index in [9.17, 15) is 33.6 Å². The van der Waals surface area contributed by atoms with E-state index in [0.717, 1.165) is 0 Å². The van der Waals surface area contributed by atoms with E-state index >= 15 is 0 Å². The highest BCUT2D eigenvalue weighted by Gasteiger charge is 2.36. The minimum Gasteiger partial charge on any atom is -0.377 e. The average Bonchev–Trinajstić information content (AvgIpc) is 3.52. The first kappa shape index (κ1) is 42.0. The second-order valence-corrected chi connectivity index (χ2v) is 12.1. The number of carbonyl (C=O) groups excluding carboxylic acids is 7. The lowest BCUT2D eigenvalue weighted by atomic mass is 10.0. The van der Waals surface area contributed by atoms with Gasteiger partial charge in [-0.3, -0.25) is 33.6 Å². The summed E-state index contributed by atoms with van der Waals surface area (Å²) in [5.41, 5.74) is 0.423. The first-order valence-corrected chi connectivity index (χ1v) is 16.5. The van der Waals surface area contributed by atoms with Gasteiger partial charge in [-0.05, 0) is 51.9 Å². The van der Waals surface area contributed by atoms with Crippen molar-refractivity contribution in [3.63, 3.8) is 0 Å². The lowest BCUT2D eigenvalue weighted by Gasteiger charge is -2.27. The number of hydrogen-bond acceptors (Lipinski definition) is 9. The van der Waals surface area contributed by atoms with Crippen LogP contribution in [0.4, 0.5) is 0 Å². The van der Waals surface area contributed by atoms with E-state index in [4.69, 9.17) is 9.47 Å². The minimum absolute atomic E-state index is 0.134. The van der Waals surface area contributed by atoms with Crippen LogP contribution in [-0.4, -0.2) is 124 Å². The number of rotatable bonds is 23. The first-order valence-electron chi connectivity index (χ1n) is 16.5. The van der Waals surface area contributed by atoms with Crippen LogP contribution in [-0.2, 0) is 43.0 Å². The van der Waals surface area contributed by atoms with Crippen molar-refractivity contribution in [1.29, 1.82) is 0 Å². The molecule has 0 bridgehead atoms. The molecular formula is C32H55N7O9. The SMILES string of the molecule is C=C(C)C(=O)NCCCNC(=O)COCCOCCNC(=O)[C@H](CCC(C)C)NC(=O)CNC(=O)C1CCCN1C(=O)[C@H](C)NC(C)=O. The molecule has 0 spiro atoms. The Morgan fingerprint density at radius 3 is 2.17 bits per heavy atom. The van der Waals surface area contributed by atoms with Crippen molar-refractivity contribution in [2.45, 2.75) is 84.8 Å².